The summed E-state index contributed by atoms with van der Waals surface area (Å²) in [5, 5.41) is 0. The summed E-state index contributed by atoms with van der Waals surface area (Å²) in [6, 6.07) is 7.40. The number of unbranched alkanes of at least 4 members (excludes halogenated alkanes) is 9. The minimum atomic E-state index is -0.305. The summed E-state index contributed by atoms with van der Waals surface area (Å²) >= 11 is 0. The minimum Gasteiger partial charge on any atom is -0.497 e. The van der Waals surface area contributed by atoms with Crippen LogP contribution >= 0.6 is 0 Å². The van der Waals surface area contributed by atoms with Gasteiger partial charge in [0, 0.05) is 12.8 Å². The Hall–Kier alpha value is -2.04. The highest BCUT2D eigenvalue weighted by atomic mass is 16.5. The number of methoxy groups -OCH3 is 1. The molecular formula is C25H40O5. The van der Waals surface area contributed by atoms with Gasteiger partial charge in [0.25, 0.3) is 0 Å². The second kappa shape index (κ2) is 17.8. The lowest BCUT2D eigenvalue weighted by molar-refractivity contribution is -0.146. The van der Waals surface area contributed by atoms with Gasteiger partial charge in [0.15, 0.2) is 0 Å². The molecule has 0 amide bonds. The Morgan fingerprint density at radius 3 is 2.00 bits per heavy atom. The summed E-state index contributed by atoms with van der Waals surface area (Å²) in [6.45, 7) is 2.93. The standard InChI is InChI=1S/C25H40O5/c1-3-4-5-6-7-8-9-10-11-12-19-29-24(26)17-14-18-25(27)30-21-22-15-13-16-23(20-22)28-2/h13,15-16,20H,3-12,14,17-19,21H2,1-2H3. The molecule has 0 bridgehead atoms. The molecule has 30 heavy (non-hydrogen) atoms. The number of ether oxygens (including phenoxy) is 3. The molecule has 1 aromatic rings. The van der Waals surface area contributed by atoms with Crippen molar-refractivity contribution in [3.05, 3.63) is 29.8 Å². The zero-order valence-electron chi connectivity index (χ0n) is 19.0. The summed E-state index contributed by atoms with van der Waals surface area (Å²) in [5.74, 6) is 0.195. The Bertz CT molecular complexity index is 585. The fraction of sp³-hybridized carbons (Fsp3) is 0.680. The molecule has 0 saturated carbocycles. The van der Waals surface area contributed by atoms with Gasteiger partial charge in [-0.3, -0.25) is 9.59 Å². The Morgan fingerprint density at radius 1 is 0.767 bits per heavy atom. The molecule has 0 unspecified atom stereocenters. The summed E-state index contributed by atoms with van der Waals surface area (Å²) in [7, 11) is 1.60. The first-order chi connectivity index (χ1) is 14.7. The lowest BCUT2D eigenvalue weighted by Gasteiger charge is -2.07. The van der Waals surface area contributed by atoms with Crippen molar-refractivity contribution in [1.82, 2.24) is 0 Å². The van der Waals surface area contributed by atoms with Gasteiger partial charge in [0.2, 0.25) is 0 Å². The Kier molecular flexibility index (Phi) is 15.4. The normalized spacial score (nSPS) is 10.6. The molecule has 0 radical (unpaired) electrons. The molecule has 0 aliphatic carbocycles. The second-order valence-electron chi connectivity index (χ2n) is 7.77. The molecular weight excluding hydrogens is 380 g/mol. The first-order valence-corrected chi connectivity index (χ1v) is 11.6. The number of esters is 2. The number of hydrogen-bond donors (Lipinski definition) is 0. The smallest absolute Gasteiger partial charge is 0.306 e. The van der Waals surface area contributed by atoms with Gasteiger partial charge in [-0.1, -0.05) is 76.8 Å². The third kappa shape index (κ3) is 14.0. The summed E-state index contributed by atoms with van der Waals surface area (Å²) in [6.07, 6.45) is 13.5. The maximum atomic E-state index is 11.8. The number of rotatable bonds is 18. The van der Waals surface area contributed by atoms with Crippen molar-refractivity contribution < 1.29 is 23.8 Å². The van der Waals surface area contributed by atoms with E-state index in [1.165, 1.54) is 51.4 Å². The molecule has 170 valence electrons. The molecule has 1 rings (SSSR count). The van der Waals surface area contributed by atoms with E-state index in [1.807, 2.05) is 24.3 Å². The number of hydrogen-bond acceptors (Lipinski definition) is 5. The second-order valence-corrected chi connectivity index (χ2v) is 7.77. The van der Waals surface area contributed by atoms with Gasteiger partial charge < -0.3 is 14.2 Å². The maximum absolute atomic E-state index is 11.8. The van der Waals surface area contributed by atoms with Gasteiger partial charge in [-0.05, 0) is 30.5 Å². The molecule has 5 nitrogen and oxygen atoms in total. The Morgan fingerprint density at radius 2 is 1.37 bits per heavy atom. The van der Waals surface area contributed by atoms with E-state index in [2.05, 4.69) is 6.92 Å². The Labute approximate surface area is 182 Å². The summed E-state index contributed by atoms with van der Waals surface area (Å²) in [5.41, 5.74) is 0.874. The van der Waals surface area contributed by atoms with Gasteiger partial charge in [-0.25, -0.2) is 0 Å². The lowest BCUT2D eigenvalue weighted by Crippen LogP contribution is -2.09. The molecule has 1 aromatic carbocycles. The highest BCUT2D eigenvalue weighted by Gasteiger charge is 2.08. The van der Waals surface area contributed by atoms with Crippen LogP contribution in [0.4, 0.5) is 0 Å². The van der Waals surface area contributed by atoms with Gasteiger partial charge in [-0.2, -0.15) is 0 Å². The van der Waals surface area contributed by atoms with Crippen molar-refractivity contribution in [2.75, 3.05) is 13.7 Å². The van der Waals surface area contributed by atoms with Crippen LogP contribution in [-0.4, -0.2) is 25.7 Å². The molecule has 0 spiro atoms. The SMILES string of the molecule is CCCCCCCCCCCCOC(=O)CCCC(=O)OCc1cccc(OC)c1. The number of benzene rings is 1. The van der Waals surface area contributed by atoms with Gasteiger partial charge in [0.05, 0.1) is 13.7 Å². The highest BCUT2D eigenvalue weighted by molar-refractivity contribution is 5.72. The maximum Gasteiger partial charge on any atom is 0.306 e. The molecule has 0 aliphatic heterocycles. The van der Waals surface area contributed by atoms with Crippen LogP contribution in [0.1, 0.15) is 96.0 Å². The van der Waals surface area contributed by atoms with E-state index in [0.29, 0.717) is 13.0 Å². The van der Waals surface area contributed by atoms with E-state index >= 15 is 0 Å². The molecule has 0 aromatic heterocycles. The van der Waals surface area contributed by atoms with Crippen LogP contribution in [0.3, 0.4) is 0 Å². The minimum absolute atomic E-state index is 0.208. The molecule has 0 fully saturated rings. The fourth-order valence-electron chi connectivity index (χ4n) is 3.22. The third-order valence-electron chi connectivity index (χ3n) is 5.06. The predicted octanol–water partition coefficient (Wildman–Crippen LogP) is 6.37. The summed E-state index contributed by atoms with van der Waals surface area (Å²) < 4.78 is 15.6. The highest BCUT2D eigenvalue weighted by Crippen LogP contribution is 2.14. The third-order valence-corrected chi connectivity index (χ3v) is 5.06. The first kappa shape index (κ1) is 26.0. The predicted molar refractivity (Wildman–Crippen MR) is 119 cm³/mol. The summed E-state index contributed by atoms with van der Waals surface area (Å²) in [4.78, 5) is 23.6. The van der Waals surface area contributed by atoms with Crippen molar-refractivity contribution in [2.45, 2.75) is 97.0 Å². The van der Waals surface area contributed by atoms with Crippen LogP contribution in [0, 0.1) is 0 Å². The fourth-order valence-corrected chi connectivity index (χ4v) is 3.22. The lowest BCUT2D eigenvalue weighted by atomic mass is 10.1. The van der Waals surface area contributed by atoms with Crippen LogP contribution in [0.5, 0.6) is 5.75 Å². The van der Waals surface area contributed by atoms with Gasteiger partial charge in [-0.15, -0.1) is 0 Å². The van der Waals surface area contributed by atoms with E-state index in [0.717, 1.165) is 24.2 Å². The quantitative estimate of drug-likeness (QED) is 0.204. The van der Waals surface area contributed by atoms with E-state index in [4.69, 9.17) is 14.2 Å². The molecule has 0 heterocycles. The van der Waals surface area contributed by atoms with Crippen molar-refractivity contribution in [3.8, 4) is 5.75 Å². The van der Waals surface area contributed by atoms with Crippen molar-refractivity contribution in [3.63, 3.8) is 0 Å². The number of carbonyl (C=O) groups is 2. The zero-order valence-corrected chi connectivity index (χ0v) is 19.0. The zero-order chi connectivity index (χ0) is 21.9. The topological polar surface area (TPSA) is 61.8 Å². The van der Waals surface area contributed by atoms with Crippen LogP contribution in [0.2, 0.25) is 0 Å². The first-order valence-electron chi connectivity index (χ1n) is 11.6. The van der Waals surface area contributed by atoms with E-state index in [1.54, 1.807) is 7.11 Å². The van der Waals surface area contributed by atoms with Gasteiger partial charge in [0.1, 0.15) is 12.4 Å². The molecule has 0 N–H and O–H groups in total. The van der Waals surface area contributed by atoms with Crippen molar-refractivity contribution in [1.29, 1.82) is 0 Å². The molecule has 5 heteroatoms. The van der Waals surface area contributed by atoms with Crippen LogP contribution < -0.4 is 4.74 Å². The average molecular weight is 421 g/mol. The van der Waals surface area contributed by atoms with E-state index in [-0.39, 0.29) is 31.4 Å². The molecule has 0 aliphatic rings. The number of carbonyl (C=O) groups excluding carboxylic acids is 2. The molecule has 0 atom stereocenters. The average Bonchev–Trinajstić information content (AvgIpc) is 2.76. The van der Waals surface area contributed by atoms with E-state index in [9.17, 15) is 9.59 Å². The largest absolute Gasteiger partial charge is 0.497 e. The van der Waals surface area contributed by atoms with Crippen LogP contribution in [0.25, 0.3) is 0 Å². The van der Waals surface area contributed by atoms with Crippen molar-refractivity contribution in [2.24, 2.45) is 0 Å². The van der Waals surface area contributed by atoms with Crippen LogP contribution in [-0.2, 0) is 25.7 Å². The molecule has 0 saturated heterocycles. The Balaban J connectivity index is 1.93. The van der Waals surface area contributed by atoms with E-state index < -0.39 is 0 Å². The van der Waals surface area contributed by atoms with Crippen LogP contribution in [0.15, 0.2) is 24.3 Å². The van der Waals surface area contributed by atoms with Gasteiger partial charge >= 0.3 is 11.9 Å². The monoisotopic (exact) mass is 420 g/mol. The van der Waals surface area contributed by atoms with Crippen molar-refractivity contribution >= 4 is 11.9 Å².